The summed E-state index contributed by atoms with van der Waals surface area (Å²) in [4.78, 5) is 11.2. The summed E-state index contributed by atoms with van der Waals surface area (Å²) in [5, 5.41) is 0. The van der Waals surface area contributed by atoms with Crippen LogP contribution in [0, 0.1) is 5.92 Å². The molecule has 0 atom stereocenters. The predicted octanol–water partition coefficient (Wildman–Crippen LogP) is 1.00. The Morgan fingerprint density at radius 3 is 2.19 bits per heavy atom. The molecule has 0 aromatic rings. The van der Waals surface area contributed by atoms with E-state index >= 15 is 0 Å². The van der Waals surface area contributed by atoms with Crippen molar-refractivity contribution < 1.29 is 17.9 Å². The van der Waals surface area contributed by atoms with Crippen LogP contribution >= 0.6 is 0 Å². The maximum absolute atomic E-state index is 11.3. The van der Waals surface area contributed by atoms with Crippen LogP contribution in [0.25, 0.3) is 0 Å². The number of hydrogen-bond donors (Lipinski definition) is 2. The molecule has 0 aromatic carbocycles. The second-order valence-electron chi connectivity index (χ2n) is 4.85. The van der Waals surface area contributed by atoms with Crippen molar-refractivity contribution >= 4 is 16.3 Å². The van der Waals surface area contributed by atoms with Gasteiger partial charge in [-0.15, -0.1) is 0 Å². The van der Waals surface area contributed by atoms with E-state index in [4.69, 9.17) is 4.74 Å². The van der Waals surface area contributed by atoms with Gasteiger partial charge in [-0.3, -0.25) is 0 Å². The summed E-state index contributed by atoms with van der Waals surface area (Å²) in [6.07, 6.45) is -0.983. The van der Waals surface area contributed by atoms with Crippen molar-refractivity contribution in [2.24, 2.45) is 5.92 Å². The van der Waals surface area contributed by atoms with E-state index in [0.717, 1.165) is 0 Å². The lowest BCUT2D eigenvalue weighted by Crippen LogP contribution is -2.43. The van der Waals surface area contributed by atoms with E-state index in [9.17, 15) is 13.2 Å². The first-order valence-electron chi connectivity index (χ1n) is 5.02. The van der Waals surface area contributed by atoms with Gasteiger partial charge < -0.3 is 4.74 Å². The molecule has 0 aliphatic heterocycles. The van der Waals surface area contributed by atoms with Crippen LogP contribution in [0.1, 0.15) is 34.6 Å². The van der Waals surface area contributed by atoms with Crippen LogP contribution in [-0.2, 0) is 14.9 Å². The van der Waals surface area contributed by atoms with Crippen molar-refractivity contribution in [2.75, 3.05) is 6.54 Å². The molecule has 2 N–H and O–H groups in total. The Bertz CT molecular complexity index is 330. The molecule has 0 aliphatic carbocycles. The Balaban J connectivity index is 4.22. The summed E-state index contributed by atoms with van der Waals surface area (Å²) in [5.74, 6) is 0.162. The van der Waals surface area contributed by atoms with E-state index in [1.54, 1.807) is 25.5 Å². The van der Waals surface area contributed by atoms with Gasteiger partial charge in [0.15, 0.2) is 0 Å². The zero-order valence-electron chi connectivity index (χ0n) is 10.3. The Morgan fingerprint density at radius 1 is 1.31 bits per heavy atom. The standard InChI is InChI=1S/C9H20N2O4S/c1-7(2)6-10-16(13,14)11-8(12)15-9(3,4)5/h7,10H,6H2,1-5H3,(H,11,12). The number of carbonyl (C=O) groups is 1. The molecule has 0 radical (unpaired) electrons. The molecule has 0 unspecified atom stereocenters. The fraction of sp³-hybridized carbons (Fsp3) is 0.889. The lowest BCUT2D eigenvalue weighted by molar-refractivity contribution is 0.0569. The molecule has 1 amide bonds. The van der Waals surface area contributed by atoms with Crippen LogP contribution in [0.3, 0.4) is 0 Å². The molecule has 0 aromatic heterocycles. The van der Waals surface area contributed by atoms with Crippen LogP contribution < -0.4 is 9.44 Å². The highest BCUT2D eigenvalue weighted by atomic mass is 32.2. The van der Waals surface area contributed by atoms with E-state index in [-0.39, 0.29) is 12.5 Å². The molecule has 0 heterocycles. The molecule has 0 rings (SSSR count). The maximum atomic E-state index is 11.3. The smallest absolute Gasteiger partial charge is 0.422 e. The fourth-order valence-electron chi connectivity index (χ4n) is 0.721. The molecule has 0 spiro atoms. The highest BCUT2D eigenvalue weighted by molar-refractivity contribution is 7.88. The number of amides is 1. The van der Waals surface area contributed by atoms with E-state index in [1.807, 2.05) is 13.8 Å². The highest BCUT2D eigenvalue weighted by Crippen LogP contribution is 2.06. The minimum Gasteiger partial charge on any atom is -0.443 e. The number of ether oxygens (including phenoxy) is 1. The average molecular weight is 252 g/mol. The maximum Gasteiger partial charge on any atom is 0.422 e. The first-order valence-corrected chi connectivity index (χ1v) is 6.50. The molecule has 0 saturated heterocycles. The average Bonchev–Trinajstić information content (AvgIpc) is 1.95. The molecule has 7 heteroatoms. The van der Waals surface area contributed by atoms with Crippen LogP contribution in [0.15, 0.2) is 0 Å². The van der Waals surface area contributed by atoms with Gasteiger partial charge in [-0.05, 0) is 26.7 Å². The molecule has 0 aliphatic rings. The van der Waals surface area contributed by atoms with Crippen LogP contribution in [-0.4, -0.2) is 26.7 Å². The minimum absolute atomic E-state index is 0.162. The summed E-state index contributed by atoms with van der Waals surface area (Å²) in [6.45, 7) is 8.94. The van der Waals surface area contributed by atoms with Crippen LogP contribution in [0.4, 0.5) is 4.79 Å². The number of hydrogen-bond acceptors (Lipinski definition) is 4. The van der Waals surface area contributed by atoms with E-state index < -0.39 is 21.9 Å². The van der Waals surface area contributed by atoms with Gasteiger partial charge in [0, 0.05) is 6.54 Å². The number of rotatable bonds is 4. The largest absolute Gasteiger partial charge is 0.443 e. The summed E-state index contributed by atoms with van der Waals surface area (Å²) in [5.41, 5.74) is -0.725. The zero-order valence-corrected chi connectivity index (χ0v) is 11.1. The normalized spacial score (nSPS) is 12.6. The lowest BCUT2D eigenvalue weighted by atomic mass is 10.2. The molecule has 0 fully saturated rings. The Labute approximate surface area is 96.9 Å². The Morgan fingerprint density at radius 2 is 1.81 bits per heavy atom. The van der Waals surface area contributed by atoms with Crippen molar-refractivity contribution in [1.82, 2.24) is 9.44 Å². The molecule has 0 bridgehead atoms. The quantitative estimate of drug-likeness (QED) is 0.781. The second-order valence-corrected chi connectivity index (χ2v) is 6.35. The third kappa shape index (κ3) is 8.49. The first-order chi connectivity index (χ1) is 7.02. The Kier molecular flexibility index (Phi) is 5.21. The molecular weight excluding hydrogens is 232 g/mol. The third-order valence-corrected chi connectivity index (χ3v) is 2.28. The monoisotopic (exact) mass is 252 g/mol. The van der Waals surface area contributed by atoms with Crippen LogP contribution in [0.5, 0.6) is 0 Å². The van der Waals surface area contributed by atoms with Crippen molar-refractivity contribution in [3.63, 3.8) is 0 Å². The molecule has 96 valence electrons. The van der Waals surface area contributed by atoms with Gasteiger partial charge in [0.25, 0.3) is 0 Å². The molecule has 16 heavy (non-hydrogen) atoms. The topological polar surface area (TPSA) is 84.5 Å². The fourth-order valence-corrected chi connectivity index (χ4v) is 1.61. The van der Waals surface area contributed by atoms with Crippen LogP contribution in [0.2, 0.25) is 0 Å². The third-order valence-electron chi connectivity index (χ3n) is 1.30. The summed E-state index contributed by atoms with van der Waals surface area (Å²) < 4.78 is 31.4. The van der Waals surface area contributed by atoms with Gasteiger partial charge >= 0.3 is 16.3 Å². The lowest BCUT2D eigenvalue weighted by Gasteiger charge is -2.19. The molecule has 0 saturated carbocycles. The van der Waals surface area contributed by atoms with Gasteiger partial charge in [-0.2, -0.15) is 13.1 Å². The van der Waals surface area contributed by atoms with E-state index in [1.165, 1.54) is 0 Å². The van der Waals surface area contributed by atoms with Crippen molar-refractivity contribution in [1.29, 1.82) is 0 Å². The van der Waals surface area contributed by atoms with Crippen molar-refractivity contribution in [2.45, 2.75) is 40.2 Å². The van der Waals surface area contributed by atoms with Crippen molar-refractivity contribution in [3.8, 4) is 0 Å². The highest BCUT2D eigenvalue weighted by Gasteiger charge is 2.20. The second kappa shape index (κ2) is 5.49. The van der Waals surface area contributed by atoms with E-state index in [0.29, 0.717) is 0 Å². The zero-order chi connectivity index (χ0) is 13.0. The minimum atomic E-state index is -3.82. The Hall–Kier alpha value is -0.820. The molecule has 6 nitrogen and oxygen atoms in total. The first kappa shape index (κ1) is 15.2. The number of nitrogens with one attached hydrogen (secondary N) is 2. The summed E-state index contributed by atoms with van der Waals surface area (Å²) >= 11 is 0. The van der Waals surface area contributed by atoms with Gasteiger partial charge in [-0.1, -0.05) is 13.8 Å². The van der Waals surface area contributed by atoms with Gasteiger partial charge in [-0.25, -0.2) is 9.52 Å². The number of carbonyl (C=O) groups excluding carboxylic acids is 1. The van der Waals surface area contributed by atoms with Gasteiger partial charge in [0.05, 0.1) is 0 Å². The van der Waals surface area contributed by atoms with E-state index in [2.05, 4.69) is 4.72 Å². The summed E-state index contributed by atoms with van der Waals surface area (Å²) in [7, 11) is -3.82. The predicted molar refractivity (Wildman–Crippen MR) is 61.1 cm³/mol. The van der Waals surface area contributed by atoms with Gasteiger partial charge in [0.2, 0.25) is 0 Å². The molecular formula is C9H20N2O4S. The van der Waals surface area contributed by atoms with Crippen molar-refractivity contribution in [3.05, 3.63) is 0 Å². The summed E-state index contributed by atoms with van der Waals surface area (Å²) in [6, 6.07) is 0. The van der Waals surface area contributed by atoms with Gasteiger partial charge in [0.1, 0.15) is 5.60 Å². The SMILES string of the molecule is CC(C)CNS(=O)(=O)NC(=O)OC(C)(C)C.